The van der Waals surface area contributed by atoms with E-state index in [-0.39, 0.29) is 35.1 Å². The first kappa shape index (κ1) is 27.8. The number of aromatic nitrogens is 1. The van der Waals surface area contributed by atoms with Gasteiger partial charge < -0.3 is 20.5 Å². The van der Waals surface area contributed by atoms with Crippen LogP contribution in [0.15, 0.2) is 77.8 Å². The molecule has 0 aliphatic heterocycles. The number of imide groups is 1. The second-order valence-corrected chi connectivity index (χ2v) is 9.09. The van der Waals surface area contributed by atoms with E-state index >= 15 is 0 Å². The molecule has 0 radical (unpaired) electrons. The molecule has 3 rings (SSSR count). The van der Waals surface area contributed by atoms with Crippen LogP contribution in [0.1, 0.15) is 20.7 Å². The zero-order valence-electron chi connectivity index (χ0n) is 19.7. The Labute approximate surface area is 217 Å². The van der Waals surface area contributed by atoms with Crippen LogP contribution in [0.3, 0.4) is 0 Å². The normalized spacial score (nSPS) is 10.7. The molecule has 0 saturated heterocycles. The average molecular weight is 542 g/mol. The fourth-order valence-corrected chi connectivity index (χ4v) is 3.81. The zero-order valence-corrected chi connectivity index (χ0v) is 20.6. The SMILES string of the molecule is NCC(=O)NC(=O)Oc1ccc(C(=O)NS(=O)(=O)c2ccc(C(=O)NCCOc3ccccc3)cc2)cn1. The molecular weight excluding hydrogens is 518 g/mol. The lowest BCUT2D eigenvalue weighted by atomic mass is 10.2. The molecule has 38 heavy (non-hydrogen) atoms. The molecular formula is C24H23N5O8S. The fourth-order valence-electron chi connectivity index (χ4n) is 2.84. The van der Waals surface area contributed by atoms with Crippen LogP contribution in [0.5, 0.6) is 11.6 Å². The van der Waals surface area contributed by atoms with Crippen LogP contribution >= 0.6 is 0 Å². The molecule has 198 valence electrons. The lowest BCUT2D eigenvalue weighted by Gasteiger charge is -2.09. The largest absolute Gasteiger partial charge is 0.492 e. The van der Waals surface area contributed by atoms with E-state index < -0.39 is 40.4 Å². The second kappa shape index (κ2) is 12.9. The minimum atomic E-state index is -4.27. The number of ether oxygens (including phenoxy) is 2. The minimum Gasteiger partial charge on any atom is -0.492 e. The number of amides is 4. The Hall–Kier alpha value is -4.82. The number of benzene rings is 2. The van der Waals surface area contributed by atoms with Gasteiger partial charge in [0.1, 0.15) is 12.4 Å². The summed E-state index contributed by atoms with van der Waals surface area (Å²) >= 11 is 0. The molecule has 2 aromatic carbocycles. The smallest absolute Gasteiger partial charge is 0.420 e. The number of pyridine rings is 1. The van der Waals surface area contributed by atoms with Crippen molar-refractivity contribution < 1.29 is 37.1 Å². The van der Waals surface area contributed by atoms with Crippen LogP contribution in [0.4, 0.5) is 4.79 Å². The quantitative estimate of drug-likeness (QED) is 0.264. The van der Waals surface area contributed by atoms with Gasteiger partial charge in [-0.25, -0.2) is 22.9 Å². The first-order valence-electron chi connectivity index (χ1n) is 11.0. The van der Waals surface area contributed by atoms with Gasteiger partial charge in [-0.05, 0) is 42.5 Å². The highest BCUT2D eigenvalue weighted by atomic mass is 32.2. The molecule has 0 spiro atoms. The van der Waals surface area contributed by atoms with E-state index in [1.165, 1.54) is 30.3 Å². The summed E-state index contributed by atoms with van der Waals surface area (Å²) < 4.78 is 37.3. The third kappa shape index (κ3) is 8.11. The van der Waals surface area contributed by atoms with Crippen molar-refractivity contribution in [2.24, 2.45) is 5.73 Å². The molecule has 3 aromatic rings. The molecule has 0 aliphatic rings. The van der Waals surface area contributed by atoms with Gasteiger partial charge in [0.15, 0.2) is 0 Å². The molecule has 1 heterocycles. The fraction of sp³-hybridized carbons (Fsp3) is 0.125. The minimum absolute atomic E-state index is 0.145. The summed E-state index contributed by atoms with van der Waals surface area (Å²) in [6.45, 7) is 0.0617. The monoisotopic (exact) mass is 541 g/mol. The third-order valence-corrected chi connectivity index (χ3v) is 6.02. The van der Waals surface area contributed by atoms with Crippen molar-refractivity contribution in [3.63, 3.8) is 0 Å². The molecule has 0 atom stereocenters. The van der Waals surface area contributed by atoms with Crippen molar-refractivity contribution in [1.29, 1.82) is 0 Å². The molecule has 0 fully saturated rings. The van der Waals surface area contributed by atoms with Crippen LogP contribution in [-0.4, -0.2) is 56.9 Å². The van der Waals surface area contributed by atoms with Gasteiger partial charge in [-0.2, -0.15) is 0 Å². The van der Waals surface area contributed by atoms with Gasteiger partial charge in [0.05, 0.1) is 23.5 Å². The number of para-hydroxylation sites is 1. The maximum atomic E-state index is 12.6. The number of nitrogens with one attached hydrogen (secondary N) is 3. The zero-order chi connectivity index (χ0) is 27.5. The summed E-state index contributed by atoms with van der Waals surface area (Å²) in [7, 11) is -4.27. The first-order chi connectivity index (χ1) is 18.2. The number of rotatable bonds is 10. The molecule has 5 N–H and O–H groups in total. The molecule has 0 bridgehead atoms. The van der Waals surface area contributed by atoms with Crippen molar-refractivity contribution in [1.82, 2.24) is 20.3 Å². The summed E-state index contributed by atoms with van der Waals surface area (Å²) in [6.07, 6.45) is -0.141. The van der Waals surface area contributed by atoms with Crippen molar-refractivity contribution in [3.05, 3.63) is 84.1 Å². The highest BCUT2D eigenvalue weighted by molar-refractivity contribution is 7.90. The van der Waals surface area contributed by atoms with Crippen molar-refractivity contribution in [2.75, 3.05) is 19.7 Å². The summed E-state index contributed by atoms with van der Waals surface area (Å²) in [5.41, 5.74) is 5.14. The van der Waals surface area contributed by atoms with Crippen LogP contribution < -0.4 is 30.6 Å². The van der Waals surface area contributed by atoms with E-state index in [0.29, 0.717) is 5.75 Å². The van der Waals surface area contributed by atoms with E-state index in [2.05, 4.69) is 10.3 Å². The van der Waals surface area contributed by atoms with Gasteiger partial charge in [-0.15, -0.1) is 0 Å². The molecule has 0 aliphatic carbocycles. The molecule has 14 heteroatoms. The standard InChI is InChI=1S/C24H23N5O8S/c25-14-20(30)28-24(33)37-21-11-8-17(15-27-21)23(32)29-38(34,35)19-9-6-16(7-10-19)22(31)26-12-13-36-18-4-2-1-3-5-18/h1-11,15H,12-14,25H2,(H,26,31)(H,29,32)(H,28,30,33). The molecule has 0 unspecified atom stereocenters. The van der Waals surface area contributed by atoms with E-state index in [9.17, 15) is 27.6 Å². The predicted octanol–water partition coefficient (Wildman–Crippen LogP) is 0.583. The second-order valence-electron chi connectivity index (χ2n) is 7.40. The van der Waals surface area contributed by atoms with Crippen molar-refractivity contribution in [3.8, 4) is 11.6 Å². The van der Waals surface area contributed by atoms with Crippen molar-refractivity contribution >= 4 is 33.8 Å². The van der Waals surface area contributed by atoms with Crippen molar-refractivity contribution in [2.45, 2.75) is 4.90 Å². The molecule has 0 saturated carbocycles. The summed E-state index contributed by atoms with van der Waals surface area (Å²) in [6, 6.07) is 16.4. The number of nitrogens with zero attached hydrogens (tertiary/aromatic N) is 1. The molecule has 1 aromatic heterocycles. The van der Waals surface area contributed by atoms with Gasteiger partial charge in [0.2, 0.25) is 11.8 Å². The van der Waals surface area contributed by atoms with Gasteiger partial charge in [0.25, 0.3) is 21.8 Å². The van der Waals surface area contributed by atoms with Crippen LogP contribution in [0, 0.1) is 0 Å². The highest BCUT2D eigenvalue weighted by Gasteiger charge is 2.20. The summed E-state index contributed by atoms with van der Waals surface area (Å²) in [5.74, 6) is -1.76. The topological polar surface area (TPSA) is 196 Å². The Morgan fingerprint density at radius 3 is 2.18 bits per heavy atom. The number of nitrogens with two attached hydrogens (primary N) is 1. The average Bonchev–Trinajstić information content (AvgIpc) is 2.91. The molecule has 13 nitrogen and oxygen atoms in total. The van der Waals surface area contributed by atoms with Crippen LogP contribution in [-0.2, 0) is 14.8 Å². The van der Waals surface area contributed by atoms with Crippen LogP contribution in [0.25, 0.3) is 0 Å². The Balaban J connectivity index is 1.52. The Morgan fingerprint density at radius 2 is 1.55 bits per heavy atom. The van der Waals surface area contributed by atoms with Gasteiger partial charge >= 0.3 is 6.09 Å². The Kier molecular flexibility index (Phi) is 9.45. The van der Waals surface area contributed by atoms with E-state index in [0.717, 1.165) is 12.3 Å². The van der Waals surface area contributed by atoms with E-state index in [1.807, 2.05) is 28.2 Å². The Bertz CT molecular complexity index is 1400. The summed E-state index contributed by atoms with van der Waals surface area (Å²) in [5, 5.41) is 4.50. The van der Waals surface area contributed by atoms with Crippen LogP contribution in [0.2, 0.25) is 0 Å². The lowest BCUT2D eigenvalue weighted by Crippen LogP contribution is -2.37. The van der Waals surface area contributed by atoms with Gasteiger partial charge in [-0.1, -0.05) is 18.2 Å². The number of carbonyl (C=O) groups is 4. The number of sulfonamides is 1. The first-order valence-corrected chi connectivity index (χ1v) is 12.5. The van der Waals surface area contributed by atoms with E-state index in [1.54, 1.807) is 12.1 Å². The highest BCUT2D eigenvalue weighted by Crippen LogP contribution is 2.13. The summed E-state index contributed by atoms with van der Waals surface area (Å²) in [4.78, 5) is 50.7. The molecule has 4 amide bonds. The maximum Gasteiger partial charge on any atom is 0.420 e. The number of carbonyl (C=O) groups excluding carboxylic acids is 4. The van der Waals surface area contributed by atoms with Gasteiger partial charge in [-0.3, -0.25) is 19.7 Å². The van der Waals surface area contributed by atoms with E-state index in [4.69, 9.17) is 15.2 Å². The Morgan fingerprint density at radius 1 is 0.868 bits per heavy atom. The number of hydrogen-bond donors (Lipinski definition) is 4. The number of hydrogen-bond acceptors (Lipinski definition) is 10. The maximum absolute atomic E-state index is 12.6. The van der Waals surface area contributed by atoms with Gasteiger partial charge in [0, 0.05) is 17.8 Å². The lowest BCUT2D eigenvalue weighted by molar-refractivity contribution is -0.118. The third-order valence-electron chi connectivity index (χ3n) is 4.68. The predicted molar refractivity (Wildman–Crippen MR) is 133 cm³/mol.